The molecule has 3 aromatic carbocycles. The Morgan fingerprint density at radius 2 is 1.78 bits per heavy atom. The maximum absolute atomic E-state index is 12.9. The number of aromatic nitrogens is 4. The molecule has 7 heteroatoms. The van der Waals surface area contributed by atoms with E-state index in [1.807, 2.05) is 85.9 Å². The molecule has 2 aromatic heterocycles. The first-order chi connectivity index (χ1) is 17.7. The summed E-state index contributed by atoms with van der Waals surface area (Å²) < 4.78 is 7.68. The minimum absolute atomic E-state index is 0.254. The van der Waals surface area contributed by atoms with Crippen LogP contribution in [-0.4, -0.2) is 32.2 Å². The van der Waals surface area contributed by atoms with Crippen molar-refractivity contribution in [2.24, 2.45) is 7.05 Å². The lowest BCUT2D eigenvalue weighted by Gasteiger charge is -2.29. The molecule has 0 atom stereocenters. The van der Waals surface area contributed by atoms with Crippen molar-refractivity contribution in [2.75, 3.05) is 11.4 Å². The third-order valence-electron chi connectivity index (χ3n) is 6.56. The van der Waals surface area contributed by atoms with Gasteiger partial charge in [-0.15, -0.1) is 0 Å². The number of imidazole rings is 1. The van der Waals surface area contributed by atoms with Crippen LogP contribution in [0.3, 0.4) is 0 Å². The number of para-hydroxylation sites is 2. The molecule has 1 amide bonds. The molecule has 0 spiro atoms. The van der Waals surface area contributed by atoms with E-state index in [1.54, 1.807) is 11.1 Å². The van der Waals surface area contributed by atoms with Crippen molar-refractivity contribution in [3.8, 4) is 0 Å². The van der Waals surface area contributed by atoms with Crippen LogP contribution in [0.1, 0.15) is 29.1 Å². The molecule has 6 rings (SSSR count). The largest absolute Gasteiger partial charge is 0.444 e. The van der Waals surface area contributed by atoms with Crippen molar-refractivity contribution < 1.29 is 9.53 Å². The van der Waals surface area contributed by atoms with Gasteiger partial charge in [-0.2, -0.15) is 0 Å². The van der Waals surface area contributed by atoms with E-state index in [0.29, 0.717) is 6.54 Å². The number of carbonyl (C=O) groups is 1. The van der Waals surface area contributed by atoms with Crippen LogP contribution in [-0.2, 0) is 24.8 Å². The Balaban J connectivity index is 1.28. The summed E-state index contributed by atoms with van der Waals surface area (Å²) in [5.41, 5.74) is 7.37. The number of aryl methyl sites for hydroxylation is 2. The molecule has 0 saturated carbocycles. The number of hydrogen-bond acceptors (Lipinski definition) is 5. The Labute approximate surface area is 208 Å². The molecule has 1 aliphatic heterocycles. The maximum atomic E-state index is 12.9. The van der Waals surface area contributed by atoms with Gasteiger partial charge in [-0.25, -0.2) is 14.8 Å². The highest BCUT2D eigenvalue weighted by Crippen LogP contribution is 2.34. The second kappa shape index (κ2) is 9.26. The zero-order valence-corrected chi connectivity index (χ0v) is 20.0. The first kappa shape index (κ1) is 22.0. The van der Waals surface area contributed by atoms with E-state index < -0.39 is 0 Å². The van der Waals surface area contributed by atoms with Crippen LogP contribution in [0.4, 0.5) is 10.5 Å². The summed E-state index contributed by atoms with van der Waals surface area (Å²) in [6, 6.07) is 21.6. The van der Waals surface area contributed by atoms with Gasteiger partial charge in [-0.05, 0) is 54.8 Å². The molecule has 36 heavy (non-hydrogen) atoms. The number of fused-ring (bicyclic) bond motifs is 4. The Kier molecular flexibility index (Phi) is 5.65. The van der Waals surface area contributed by atoms with Gasteiger partial charge in [-0.3, -0.25) is 9.88 Å². The third kappa shape index (κ3) is 4.09. The van der Waals surface area contributed by atoms with Crippen molar-refractivity contribution in [2.45, 2.75) is 19.4 Å². The zero-order valence-electron chi connectivity index (χ0n) is 20.0. The van der Waals surface area contributed by atoms with Crippen molar-refractivity contribution in [3.05, 3.63) is 95.6 Å². The predicted octanol–water partition coefficient (Wildman–Crippen LogP) is 5.78. The molecule has 0 saturated heterocycles. The first-order valence-corrected chi connectivity index (χ1v) is 12.0. The lowest BCUT2D eigenvalue weighted by atomic mass is 10.0. The summed E-state index contributed by atoms with van der Waals surface area (Å²) in [5.74, 6) is 0.817. The number of hydrogen-bond donors (Lipinski definition) is 0. The van der Waals surface area contributed by atoms with Gasteiger partial charge in [-0.1, -0.05) is 42.5 Å². The van der Waals surface area contributed by atoms with Crippen LogP contribution in [0.5, 0.6) is 0 Å². The topological polar surface area (TPSA) is 73.1 Å². The summed E-state index contributed by atoms with van der Waals surface area (Å²) in [6.45, 7) is 0.885. The third-order valence-corrected chi connectivity index (χ3v) is 6.56. The highest BCUT2D eigenvalue weighted by molar-refractivity contribution is 5.95. The first-order valence-electron chi connectivity index (χ1n) is 12.0. The van der Waals surface area contributed by atoms with Crippen molar-refractivity contribution in [1.29, 1.82) is 0 Å². The van der Waals surface area contributed by atoms with Crippen molar-refractivity contribution in [3.63, 3.8) is 0 Å². The van der Waals surface area contributed by atoms with Gasteiger partial charge in [0, 0.05) is 19.2 Å². The van der Waals surface area contributed by atoms with Crippen molar-refractivity contribution >= 4 is 46.0 Å². The van der Waals surface area contributed by atoms with Gasteiger partial charge in [0.15, 0.2) is 0 Å². The summed E-state index contributed by atoms with van der Waals surface area (Å²) >= 11 is 0. The molecule has 7 nitrogen and oxygen atoms in total. The number of amides is 1. The summed E-state index contributed by atoms with van der Waals surface area (Å²) in [6.07, 6.45) is 7.06. The van der Waals surface area contributed by atoms with Gasteiger partial charge in [0.05, 0.1) is 39.6 Å². The molecular weight excluding hydrogens is 450 g/mol. The molecule has 0 radical (unpaired) electrons. The predicted molar refractivity (Wildman–Crippen MR) is 141 cm³/mol. The van der Waals surface area contributed by atoms with E-state index in [2.05, 4.69) is 14.5 Å². The smallest absolute Gasteiger partial charge is 0.414 e. The maximum Gasteiger partial charge on any atom is 0.414 e. The normalized spacial score (nSPS) is 13.4. The lowest BCUT2D eigenvalue weighted by molar-refractivity contribution is 0.146. The van der Waals surface area contributed by atoms with E-state index in [0.717, 1.165) is 63.2 Å². The number of nitrogens with zero attached hydrogens (tertiary/aromatic N) is 5. The zero-order chi connectivity index (χ0) is 24.5. The fraction of sp³-hybridized carbons (Fsp3) is 0.172. The number of rotatable bonds is 4. The fourth-order valence-corrected chi connectivity index (χ4v) is 4.70. The number of carbonyl (C=O) groups excluding carboxylic acids is 1. The summed E-state index contributed by atoms with van der Waals surface area (Å²) in [7, 11) is 2.00. The summed E-state index contributed by atoms with van der Waals surface area (Å²) in [5, 5.41) is 0. The van der Waals surface area contributed by atoms with Gasteiger partial charge >= 0.3 is 6.09 Å². The Morgan fingerprint density at radius 1 is 0.972 bits per heavy atom. The second-order valence-corrected chi connectivity index (χ2v) is 8.87. The van der Waals surface area contributed by atoms with E-state index in [9.17, 15) is 4.79 Å². The number of benzene rings is 3. The van der Waals surface area contributed by atoms with E-state index in [1.165, 1.54) is 0 Å². The highest BCUT2D eigenvalue weighted by atomic mass is 16.6. The van der Waals surface area contributed by atoms with Crippen LogP contribution >= 0.6 is 0 Å². The monoisotopic (exact) mass is 475 g/mol. The number of anilines is 1. The molecule has 0 bridgehead atoms. The lowest BCUT2D eigenvalue weighted by Crippen LogP contribution is -2.36. The average molecular weight is 476 g/mol. The van der Waals surface area contributed by atoms with Gasteiger partial charge in [0.2, 0.25) is 0 Å². The molecule has 1 aliphatic rings. The molecule has 3 heterocycles. The van der Waals surface area contributed by atoms with Crippen LogP contribution < -0.4 is 4.90 Å². The summed E-state index contributed by atoms with van der Waals surface area (Å²) in [4.78, 5) is 28.8. The minimum Gasteiger partial charge on any atom is -0.444 e. The molecule has 5 aromatic rings. The standard InChI is InChI=1S/C29H25N5O2/c1-33-26-15-14-25-22(10-7-17-34(25)29(35)36-19-20-8-3-2-4-9-20)28(26)32-27(33)16-13-21-18-30-23-11-5-6-12-24(23)31-21/h2-6,8-9,11-16,18H,7,10,17,19H2,1H3. The molecule has 0 aliphatic carbocycles. The van der Waals surface area contributed by atoms with Crippen LogP contribution in [0.15, 0.2) is 72.9 Å². The van der Waals surface area contributed by atoms with E-state index >= 15 is 0 Å². The Bertz CT molecular complexity index is 1610. The van der Waals surface area contributed by atoms with Crippen LogP contribution in [0, 0.1) is 0 Å². The average Bonchev–Trinajstić information content (AvgIpc) is 3.26. The van der Waals surface area contributed by atoms with Gasteiger partial charge in [0.25, 0.3) is 0 Å². The Morgan fingerprint density at radius 3 is 2.64 bits per heavy atom. The number of ether oxygens (including phenoxy) is 1. The molecule has 0 unspecified atom stereocenters. The fourth-order valence-electron chi connectivity index (χ4n) is 4.70. The van der Waals surface area contributed by atoms with E-state index in [4.69, 9.17) is 9.72 Å². The van der Waals surface area contributed by atoms with Crippen molar-refractivity contribution in [1.82, 2.24) is 19.5 Å². The second-order valence-electron chi connectivity index (χ2n) is 8.87. The minimum atomic E-state index is -0.329. The van der Waals surface area contributed by atoms with Crippen LogP contribution in [0.25, 0.3) is 34.2 Å². The highest BCUT2D eigenvalue weighted by Gasteiger charge is 2.26. The molecule has 178 valence electrons. The van der Waals surface area contributed by atoms with Crippen LogP contribution in [0.2, 0.25) is 0 Å². The molecule has 0 fully saturated rings. The van der Waals surface area contributed by atoms with Gasteiger partial charge in [0.1, 0.15) is 12.4 Å². The molecular formula is C29H25N5O2. The Hall–Kier alpha value is -4.52. The quantitative estimate of drug-likeness (QED) is 0.330. The molecule has 0 N–H and O–H groups in total. The van der Waals surface area contributed by atoms with Gasteiger partial charge < -0.3 is 9.30 Å². The van der Waals surface area contributed by atoms with E-state index in [-0.39, 0.29) is 12.7 Å². The SMILES string of the molecule is Cn1c(C=Cc2cnc3ccccc3n2)nc2c3c(ccc21)N(C(=O)OCc1ccccc1)CCC3.